The Morgan fingerprint density at radius 3 is 2.48 bits per heavy atom. The van der Waals surface area contributed by atoms with Gasteiger partial charge in [-0.2, -0.15) is 5.10 Å². The zero-order valence-electron chi connectivity index (χ0n) is 12.9. The predicted molar refractivity (Wildman–Crippen MR) is 91.9 cm³/mol. The Labute approximate surface area is 140 Å². The fourth-order valence-corrected chi connectivity index (χ4v) is 3.98. The maximum atomic E-state index is 12.8. The molecule has 2 atom stereocenters. The number of alkyl halides is 1. The maximum Gasteiger partial charge on any atom is 0.256 e. The first-order valence-electron chi connectivity index (χ1n) is 7.50. The Bertz CT molecular complexity index is 820. The molecule has 5 heteroatoms. The molecule has 0 aliphatic carbocycles. The van der Waals surface area contributed by atoms with E-state index in [0.717, 1.165) is 17.0 Å². The van der Waals surface area contributed by atoms with Gasteiger partial charge >= 0.3 is 0 Å². The largest absolute Gasteiger partial charge is 0.311 e. The van der Waals surface area contributed by atoms with Gasteiger partial charge in [0.25, 0.3) is 5.91 Å². The van der Waals surface area contributed by atoms with Gasteiger partial charge in [0.2, 0.25) is 0 Å². The fraction of sp³-hybridized carbons (Fsp3) is 0.222. The van der Waals surface area contributed by atoms with Gasteiger partial charge in [-0.15, -0.1) is 11.6 Å². The SMILES string of the molecule is CC1=NN(c2ccccc2)C2(c3ccccc3C(=O)N2C)C1Cl. The fourth-order valence-electron chi connectivity index (χ4n) is 3.58. The normalized spacial score (nSPS) is 26.0. The molecular formula is C18H16ClN3O. The molecule has 0 saturated carbocycles. The van der Waals surface area contributed by atoms with Gasteiger partial charge in [-0.05, 0) is 25.1 Å². The van der Waals surface area contributed by atoms with Crippen molar-refractivity contribution in [2.24, 2.45) is 5.10 Å². The van der Waals surface area contributed by atoms with E-state index < -0.39 is 11.0 Å². The standard InChI is InChI=1S/C18H16ClN3O/c1-12-16(19)18(22(20-12)13-8-4-3-5-9-13)15-11-7-6-10-14(15)17(23)21(18)2/h3-11,16H,1-2H3. The van der Waals surface area contributed by atoms with Gasteiger partial charge in [0.1, 0.15) is 5.38 Å². The molecule has 0 radical (unpaired) electrons. The lowest BCUT2D eigenvalue weighted by molar-refractivity contribution is 0.0654. The van der Waals surface area contributed by atoms with E-state index in [1.165, 1.54) is 0 Å². The number of hydrazone groups is 1. The molecule has 0 fully saturated rings. The molecule has 0 bridgehead atoms. The summed E-state index contributed by atoms with van der Waals surface area (Å²) in [4.78, 5) is 14.5. The topological polar surface area (TPSA) is 35.9 Å². The average Bonchev–Trinajstić information content (AvgIpc) is 2.98. The number of anilines is 1. The maximum absolute atomic E-state index is 12.8. The summed E-state index contributed by atoms with van der Waals surface area (Å²) >= 11 is 6.79. The molecule has 0 N–H and O–H groups in total. The third-order valence-electron chi connectivity index (χ3n) is 4.67. The third-order valence-corrected chi connectivity index (χ3v) is 5.29. The van der Waals surface area contributed by atoms with Crippen LogP contribution >= 0.6 is 11.6 Å². The predicted octanol–water partition coefficient (Wildman–Crippen LogP) is 3.43. The highest BCUT2D eigenvalue weighted by Gasteiger charge is 2.60. The van der Waals surface area contributed by atoms with Crippen LogP contribution in [0, 0.1) is 0 Å². The van der Waals surface area contributed by atoms with Crippen molar-refractivity contribution in [2.45, 2.75) is 18.0 Å². The molecule has 2 aliphatic rings. The van der Waals surface area contributed by atoms with Crippen molar-refractivity contribution in [3.63, 3.8) is 0 Å². The molecule has 1 amide bonds. The second kappa shape index (κ2) is 4.83. The first kappa shape index (κ1) is 14.3. The first-order valence-corrected chi connectivity index (χ1v) is 7.94. The molecule has 0 aromatic heterocycles. The van der Waals surface area contributed by atoms with Crippen molar-refractivity contribution >= 4 is 28.9 Å². The summed E-state index contributed by atoms with van der Waals surface area (Å²) in [5, 5.41) is 6.15. The highest BCUT2D eigenvalue weighted by Crippen LogP contribution is 2.50. The number of benzene rings is 2. The Morgan fingerprint density at radius 1 is 1.09 bits per heavy atom. The second-order valence-electron chi connectivity index (χ2n) is 5.89. The van der Waals surface area contributed by atoms with Crippen LogP contribution in [0.1, 0.15) is 22.8 Å². The summed E-state index contributed by atoms with van der Waals surface area (Å²) < 4.78 is 0. The van der Waals surface area contributed by atoms with Gasteiger partial charge in [-0.25, -0.2) is 5.01 Å². The number of carbonyl (C=O) groups is 1. The van der Waals surface area contributed by atoms with Crippen LogP contribution in [0.25, 0.3) is 0 Å². The van der Waals surface area contributed by atoms with Crippen molar-refractivity contribution in [3.05, 3.63) is 65.7 Å². The van der Waals surface area contributed by atoms with Gasteiger partial charge in [0, 0.05) is 18.2 Å². The smallest absolute Gasteiger partial charge is 0.256 e. The highest BCUT2D eigenvalue weighted by atomic mass is 35.5. The number of rotatable bonds is 1. The summed E-state index contributed by atoms with van der Waals surface area (Å²) in [5.41, 5.74) is 2.47. The molecule has 1 spiro atoms. The molecule has 23 heavy (non-hydrogen) atoms. The lowest BCUT2D eigenvalue weighted by atomic mass is 9.93. The molecule has 4 rings (SSSR count). The van der Waals surface area contributed by atoms with Gasteiger partial charge in [-0.1, -0.05) is 36.4 Å². The number of hydrogen-bond acceptors (Lipinski definition) is 3. The molecular weight excluding hydrogens is 310 g/mol. The Morgan fingerprint density at radius 2 is 1.74 bits per heavy atom. The number of carbonyl (C=O) groups excluding carboxylic acids is 1. The Kier molecular flexibility index (Phi) is 3.00. The van der Waals surface area contributed by atoms with E-state index >= 15 is 0 Å². The minimum absolute atomic E-state index is 0.0305. The average molecular weight is 326 g/mol. The van der Waals surface area contributed by atoms with Crippen molar-refractivity contribution < 1.29 is 4.79 Å². The van der Waals surface area contributed by atoms with Gasteiger partial charge in [-0.3, -0.25) is 4.79 Å². The summed E-state index contributed by atoms with van der Waals surface area (Å²) in [6.45, 7) is 1.90. The van der Waals surface area contributed by atoms with Crippen molar-refractivity contribution in [2.75, 3.05) is 12.1 Å². The molecule has 2 heterocycles. The second-order valence-corrected chi connectivity index (χ2v) is 6.32. The number of halogens is 1. The van der Waals surface area contributed by atoms with E-state index in [2.05, 4.69) is 5.10 Å². The first-order chi connectivity index (χ1) is 11.1. The molecule has 116 valence electrons. The van der Waals surface area contributed by atoms with E-state index in [1.54, 1.807) is 11.9 Å². The number of hydrogen-bond donors (Lipinski definition) is 0. The number of amides is 1. The van der Waals surface area contributed by atoms with Gasteiger partial charge in [0.15, 0.2) is 5.66 Å². The van der Waals surface area contributed by atoms with E-state index in [1.807, 2.05) is 66.5 Å². The zero-order chi connectivity index (χ0) is 16.2. The highest BCUT2D eigenvalue weighted by molar-refractivity contribution is 6.34. The van der Waals surface area contributed by atoms with Crippen LogP contribution in [0.3, 0.4) is 0 Å². The molecule has 2 aromatic rings. The summed E-state index contributed by atoms with van der Waals surface area (Å²) in [6, 6.07) is 17.5. The number of nitrogens with zero attached hydrogens (tertiary/aromatic N) is 3. The van der Waals surface area contributed by atoms with Crippen LogP contribution in [0.5, 0.6) is 0 Å². The van der Waals surface area contributed by atoms with E-state index in [9.17, 15) is 4.79 Å². The summed E-state index contributed by atoms with van der Waals surface area (Å²) in [5.74, 6) is -0.0305. The minimum atomic E-state index is -0.819. The van der Waals surface area contributed by atoms with Crippen LogP contribution < -0.4 is 5.01 Å². The van der Waals surface area contributed by atoms with Crippen LogP contribution in [0.2, 0.25) is 0 Å². The van der Waals surface area contributed by atoms with E-state index in [-0.39, 0.29) is 5.91 Å². The van der Waals surface area contributed by atoms with Crippen LogP contribution in [0.4, 0.5) is 5.69 Å². The van der Waals surface area contributed by atoms with E-state index in [4.69, 9.17) is 11.6 Å². The van der Waals surface area contributed by atoms with Crippen molar-refractivity contribution in [1.29, 1.82) is 0 Å². The van der Waals surface area contributed by atoms with Crippen LogP contribution in [-0.4, -0.2) is 28.9 Å². The minimum Gasteiger partial charge on any atom is -0.311 e. The van der Waals surface area contributed by atoms with Crippen molar-refractivity contribution in [1.82, 2.24) is 4.90 Å². The Hall–Kier alpha value is -2.33. The molecule has 4 nitrogen and oxygen atoms in total. The lowest BCUT2D eigenvalue weighted by Crippen LogP contribution is -2.56. The number of para-hydroxylation sites is 1. The van der Waals surface area contributed by atoms with Crippen molar-refractivity contribution in [3.8, 4) is 0 Å². The Balaban J connectivity index is 2.00. The third kappa shape index (κ3) is 1.67. The van der Waals surface area contributed by atoms with E-state index in [0.29, 0.717) is 5.56 Å². The molecule has 2 unspecified atom stereocenters. The monoisotopic (exact) mass is 325 g/mol. The lowest BCUT2D eigenvalue weighted by Gasteiger charge is -2.42. The quantitative estimate of drug-likeness (QED) is 0.753. The molecule has 2 aromatic carbocycles. The van der Waals surface area contributed by atoms with Crippen LogP contribution in [0.15, 0.2) is 59.7 Å². The van der Waals surface area contributed by atoms with Crippen LogP contribution in [-0.2, 0) is 5.66 Å². The zero-order valence-corrected chi connectivity index (χ0v) is 13.7. The molecule has 0 saturated heterocycles. The summed E-state index contributed by atoms with van der Waals surface area (Å²) in [6.07, 6.45) is 0. The summed E-state index contributed by atoms with van der Waals surface area (Å²) in [7, 11) is 1.79. The molecule has 2 aliphatic heterocycles. The number of fused-ring (bicyclic) bond motifs is 2. The van der Waals surface area contributed by atoms with Gasteiger partial charge in [0.05, 0.1) is 11.4 Å². The van der Waals surface area contributed by atoms with Gasteiger partial charge < -0.3 is 4.90 Å².